The molecule has 0 aliphatic carbocycles. The van der Waals surface area contributed by atoms with Crippen molar-refractivity contribution in [3.05, 3.63) is 40.2 Å². The number of nitrogens with zero attached hydrogens (tertiary/aromatic N) is 1. The monoisotopic (exact) mass is 195 g/mol. The molecule has 0 bridgehead atoms. The summed E-state index contributed by atoms with van der Waals surface area (Å²) >= 11 is 5.77. The van der Waals surface area contributed by atoms with Crippen molar-refractivity contribution in [1.29, 1.82) is 0 Å². The lowest BCUT2D eigenvalue weighted by molar-refractivity contribution is 0.273. The van der Waals surface area contributed by atoms with Crippen molar-refractivity contribution in [2.45, 2.75) is 12.8 Å². The number of benzene rings is 1. The van der Waals surface area contributed by atoms with E-state index in [-0.39, 0.29) is 12.5 Å². The van der Waals surface area contributed by atoms with Gasteiger partial charge in [-0.2, -0.15) is 0 Å². The van der Waals surface area contributed by atoms with Crippen molar-refractivity contribution in [2.24, 2.45) is 0 Å². The molecule has 0 aromatic heterocycles. The van der Waals surface area contributed by atoms with Crippen LogP contribution in [0.3, 0.4) is 0 Å². The highest BCUT2D eigenvalue weighted by atomic mass is 35.5. The molecule has 3 heteroatoms. The van der Waals surface area contributed by atoms with E-state index in [1.54, 1.807) is 12.1 Å². The van der Waals surface area contributed by atoms with Crippen molar-refractivity contribution in [3.8, 4) is 0 Å². The predicted octanol–water partition coefficient (Wildman–Crippen LogP) is 2.99. The molecular weight excluding hydrogens is 186 g/mol. The Morgan fingerprint density at radius 2 is 2.31 bits per heavy atom. The number of hydrogen-bond acceptors (Lipinski definition) is 1. The van der Waals surface area contributed by atoms with Crippen molar-refractivity contribution in [1.82, 2.24) is 0 Å². The Morgan fingerprint density at radius 1 is 1.62 bits per heavy atom. The Morgan fingerprint density at radius 3 is 2.85 bits per heavy atom. The maximum atomic E-state index is 8.91. The minimum Gasteiger partial charge on any atom is -0.396 e. The number of aliphatic hydroxyl groups is 1. The number of hydrogen-bond donors (Lipinski definition) is 1. The Hall–Kier alpha value is -1.04. The molecule has 13 heavy (non-hydrogen) atoms. The second-order valence-electron chi connectivity index (χ2n) is 2.91. The summed E-state index contributed by atoms with van der Waals surface area (Å²) in [6.07, 6.45) is 0. The molecule has 1 aromatic carbocycles. The Kier molecular flexibility index (Phi) is 3.30. The molecule has 0 saturated carbocycles. The van der Waals surface area contributed by atoms with Gasteiger partial charge in [0.05, 0.1) is 6.57 Å². The first-order chi connectivity index (χ1) is 6.19. The van der Waals surface area contributed by atoms with Gasteiger partial charge in [-0.3, -0.25) is 0 Å². The van der Waals surface area contributed by atoms with Gasteiger partial charge >= 0.3 is 0 Å². The standard InChI is InChI=1S/C10H10ClNO/c1-7(6-13)8-3-4-9(11)10(5-8)12-2/h3-5,7,13H,6H2,1H3/t7-/m1/s1. The Bertz CT molecular complexity index is 343. The second kappa shape index (κ2) is 4.27. The molecule has 1 N–H and O–H groups in total. The van der Waals surface area contributed by atoms with Gasteiger partial charge in [0, 0.05) is 17.5 Å². The molecule has 0 aliphatic rings. The van der Waals surface area contributed by atoms with E-state index in [1.807, 2.05) is 13.0 Å². The number of aliphatic hydroxyl groups excluding tert-OH is 1. The van der Waals surface area contributed by atoms with Crippen LogP contribution in [-0.4, -0.2) is 11.7 Å². The van der Waals surface area contributed by atoms with Crippen LogP contribution in [0.4, 0.5) is 5.69 Å². The smallest absolute Gasteiger partial charge is 0.205 e. The average Bonchev–Trinajstić information content (AvgIpc) is 2.17. The van der Waals surface area contributed by atoms with Crippen molar-refractivity contribution < 1.29 is 5.11 Å². The first-order valence-corrected chi connectivity index (χ1v) is 4.34. The molecule has 0 aliphatic heterocycles. The van der Waals surface area contributed by atoms with E-state index >= 15 is 0 Å². The maximum Gasteiger partial charge on any atom is 0.205 e. The van der Waals surface area contributed by atoms with Gasteiger partial charge in [-0.05, 0) is 0 Å². The van der Waals surface area contributed by atoms with Gasteiger partial charge in [0.1, 0.15) is 0 Å². The molecule has 68 valence electrons. The lowest BCUT2D eigenvalue weighted by Crippen LogP contribution is -1.97. The second-order valence-corrected chi connectivity index (χ2v) is 3.31. The van der Waals surface area contributed by atoms with Crippen molar-refractivity contribution in [3.63, 3.8) is 0 Å². The summed E-state index contributed by atoms with van der Waals surface area (Å²) in [5.41, 5.74) is 1.39. The third-order valence-corrected chi connectivity index (χ3v) is 2.25. The summed E-state index contributed by atoms with van der Waals surface area (Å²) in [5.74, 6) is 0.0535. The van der Waals surface area contributed by atoms with Crippen LogP contribution in [0, 0.1) is 6.57 Å². The van der Waals surface area contributed by atoms with Gasteiger partial charge in [-0.15, -0.1) is 0 Å². The Balaban J connectivity index is 3.08. The molecule has 0 spiro atoms. The van der Waals surface area contributed by atoms with Crippen molar-refractivity contribution in [2.75, 3.05) is 6.61 Å². The molecular formula is C10H10ClNO. The van der Waals surface area contributed by atoms with E-state index in [0.717, 1.165) is 5.56 Å². The zero-order valence-electron chi connectivity index (χ0n) is 7.29. The third kappa shape index (κ3) is 2.21. The van der Waals surface area contributed by atoms with Crippen LogP contribution in [0.5, 0.6) is 0 Å². The molecule has 0 fully saturated rings. The van der Waals surface area contributed by atoms with Crippen LogP contribution < -0.4 is 0 Å². The molecule has 1 rings (SSSR count). The molecule has 1 atom stereocenters. The molecule has 0 unspecified atom stereocenters. The van der Waals surface area contributed by atoms with Crippen LogP contribution >= 0.6 is 11.6 Å². The van der Waals surface area contributed by atoms with E-state index in [4.69, 9.17) is 23.3 Å². The van der Waals surface area contributed by atoms with Gasteiger partial charge in [0.2, 0.25) is 5.69 Å². The Labute approximate surface area is 82.6 Å². The van der Waals surface area contributed by atoms with Gasteiger partial charge in [0.25, 0.3) is 0 Å². The molecule has 0 amide bonds. The number of halogens is 1. The lowest BCUT2D eigenvalue weighted by atomic mass is 10.0. The summed E-state index contributed by atoms with van der Waals surface area (Å²) in [5, 5.41) is 9.37. The fraction of sp³-hybridized carbons (Fsp3) is 0.300. The molecule has 0 saturated heterocycles. The van der Waals surface area contributed by atoms with Crippen LogP contribution in [0.25, 0.3) is 4.85 Å². The van der Waals surface area contributed by atoms with Crippen LogP contribution in [0.2, 0.25) is 5.02 Å². The normalized spacial score (nSPS) is 12.2. The van der Waals surface area contributed by atoms with Gasteiger partial charge in [0.15, 0.2) is 0 Å². The average molecular weight is 196 g/mol. The van der Waals surface area contributed by atoms with E-state index < -0.39 is 0 Å². The van der Waals surface area contributed by atoms with Gasteiger partial charge in [-0.25, -0.2) is 4.85 Å². The topological polar surface area (TPSA) is 24.6 Å². The summed E-state index contributed by atoms with van der Waals surface area (Å²) in [6.45, 7) is 8.84. The van der Waals surface area contributed by atoms with Crippen LogP contribution in [0.1, 0.15) is 18.4 Å². The predicted molar refractivity (Wildman–Crippen MR) is 53.2 cm³/mol. The zero-order valence-corrected chi connectivity index (χ0v) is 8.04. The van der Waals surface area contributed by atoms with Crippen molar-refractivity contribution >= 4 is 17.3 Å². The van der Waals surface area contributed by atoms with Crippen LogP contribution in [-0.2, 0) is 0 Å². The highest BCUT2D eigenvalue weighted by Crippen LogP contribution is 2.28. The fourth-order valence-electron chi connectivity index (χ4n) is 1.03. The number of rotatable bonds is 2. The van der Waals surface area contributed by atoms with Crippen LogP contribution in [0.15, 0.2) is 18.2 Å². The molecule has 2 nitrogen and oxygen atoms in total. The summed E-state index contributed by atoms with van der Waals surface area (Å²) < 4.78 is 0. The summed E-state index contributed by atoms with van der Waals surface area (Å²) in [4.78, 5) is 3.28. The van der Waals surface area contributed by atoms with E-state index in [9.17, 15) is 0 Å². The lowest BCUT2D eigenvalue weighted by Gasteiger charge is -2.08. The summed E-state index contributed by atoms with van der Waals surface area (Å²) in [7, 11) is 0. The quantitative estimate of drug-likeness (QED) is 0.721. The largest absolute Gasteiger partial charge is 0.396 e. The minimum atomic E-state index is 0.0535. The van der Waals surface area contributed by atoms with Gasteiger partial charge < -0.3 is 5.11 Å². The van der Waals surface area contributed by atoms with Gasteiger partial charge in [-0.1, -0.05) is 42.3 Å². The SMILES string of the molecule is [C-]#[N+]c1cc([C@H](C)CO)ccc1Cl. The summed E-state index contributed by atoms with van der Waals surface area (Å²) in [6, 6.07) is 5.24. The van der Waals surface area contributed by atoms with E-state index in [2.05, 4.69) is 4.85 Å². The van der Waals surface area contributed by atoms with E-state index in [1.165, 1.54) is 0 Å². The third-order valence-electron chi connectivity index (χ3n) is 1.93. The molecule has 0 heterocycles. The molecule has 1 aromatic rings. The highest BCUT2D eigenvalue weighted by molar-refractivity contribution is 6.33. The first-order valence-electron chi connectivity index (χ1n) is 3.96. The fourth-order valence-corrected chi connectivity index (χ4v) is 1.19. The maximum absolute atomic E-state index is 8.91. The minimum absolute atomic E-state index is 0.0535. The zero-order chi connectivity index (χ0) is 9.84. The first kappa shape index (κ1) is 10.0. The van der Waals surface area contributed by atoms with E-state index in [0.29, 0.717) is 10.7 Å². The highest BCUT2D eigenvalue weighted by Gasteiger charge is 2.06. The molecule has 0 radical (unpaired) electrons.